The van der Waals surface area contributed by atoms with Crippen LogP contribution in [-0.2, 0) is 0 Å². The minimum Gasteiger partial charge on any atom is -0.496 e. The molecule has 2 rings (SSSR count). The summed E-state index contributed by atoms with van der Waals surface area (Å²) in [6, 6.07) is 5.92. The van der Waals surface area contributed by atoms with Crippen molar-refractivity contribution in [3.05, 3.63) is 41.0 Å². The number of ether oxygens (including phenoxy) is 2. The normalized spacial score (nSPS) is 14.9. The standard InChI is InChI=1S/C17H22O2/c1-11-10-12(17(2,3)4)15(11)16-13(18-5)8-7-9-14(16)19-6/h7-10H,1-6H3. The molecule has 0 bridgehead atoms. The molecular weight excluding hydrogens is 236 g/mol. The zero-order valence-electron chi connectivity index (χ0n) is 12.6. The van der Waals surface area contributed by atoms with Gasteiger partial charge < -0.3 is 9.47 Å². The highest BCUT2D eigenvalue weighted by Crippen LogP contribution is 2.49. The Labute approximate surface area is 115 Å². The van der Waals surface area contributed by atoms with E-state index < -0.39 is 0 Å². The molecule has 0 radical (unpaired) electrons. The summed E-state index contributed by atoms with van der Waals surface area (Å²) >= 11 is 0. The van der Waals surface area contributed by atoms with Gasteiger partial charge in [0.1, 0.15) is 11.5 Å². The smallest absolute Gasteiger partial charge is 0.130 e. The molecule has 0 heterocycles. The fourth-order valence-electron chi connectivity index (χ4n) is 2.52. The van der Waals surface area contributed by atoms with Crippen LogP contribution in [0.25, 0.3) is 5.57 Å². The first-order valence-electron chi connectivity index (χ1n) is 6.55. The second-order valence-corrected chi connectivity index (χ2v) is 5.90. The minimum atomic E-state index is 0.126. The Balaban J connectivity index is 2.64. The Morgan fingerprint density at radius 3 is 1.84 bits per heavy atom. The van der Waals surface area contributed by atoms with E-state index in [-0.39, 0.29) is 5.41 Å². The summed E-state index contributed by atoms with van der Waals surface area (Å²) in [6.45, 7) is 8.82. The Kier molecular flexibility index (Phi) is 3.44. The third kappa shape index (κ3) is 2.27. The fourth-order valence-corrected chi connectivity index (χ4v) is 2.52. The molecule has 0 amide bonds. The molecule has 102 valence electrons. The summed E-state index contributed by atoms with van der Waals surface area (Å²) in [4.78, 5) is 0. The van der Waals surface area contributed by atoms with Gasteiger partial charge in [0, 0.05) is 0 Å². The van der Waals surface area contributed by atoms with E-state index in [0.29, 0.717) is 0 Å². The molecule has 0 aromatic heterocycles. The lowest BCUT2D eigenvalue weighted by atomic mass is 9.72. The number of methoxy groups -OCH3 is 2. The number of hydrogen-bond donors (Lipinski definition) is 0. The van der Waals surface area contributed by atoms with Crippen LogP contribution < -0.4 is 9.47 Å². The summed E-state index contributed by atoms with van der Waals surface area (Å²) in [5.41, 5.74) is 5.10. The molecule has 0 spiro atoms. The van der Waals surface area contributed by atoms with Crippen LogP contribution in [0.5, 0.6) is 11.5 Å². The largest absolute Gasteiger partial charge is 0.496 e. The van der Waals surface area contributed by atoms with Gasteiger partial charge in [-0.15, -0.1) is 0 Å². The lowest BCUT2D eigenvalue weighted by Crippen LogP contribution is -2.17. The van der Waals surface area contributed by atoms with Crippen molar-refractivity contribution in [3.63, 3.8) is 0 Å². The van der Waals surface area contributed by atoms with Gasteiger partial charge in [-0.3, -0.25) is 0 Å². The van der Waals surface area contributed by atoms with E-state index in [1.165, 1.54) is 16.7 Å². The third-order valence-electron chi connectivity index (χ3n) is 3.51. The molecule has 0 aliphatic heterocycles. The lowest BCUT2D eigenvalue weighted by Gasteiger charge is -2.33. The molecule has 0 saturated heterocycles. The second-order valence-electron chi connectivity index (χ2n) is 5.90. The molecule has 0 N–H and O–H groups in total. The predicted molar refractivity (Wildman–Crippen MR) is 79.7 cm³/mol. The predicted octanol–water partition coefficient (Wildman–Crippen LogP) is 4.46. The first kappa shape index (κ1) is 13.7. The Hall–Kier alpha value is -1.70. The fraction of sp³-hybridized carbons (Fsp3) is 0.412. The maximum atomic E-state index is 5.51. The molecule has 1 aliphatic rings. The quantitative estimate of drug-likeness (QED) is 0.796. The zero-order valence-corrected chi connectivity index (χ0v) is 12.6. The number of allylic oxidation sites excluding steroid dienone is 4. The van der Waals surface area contributed by atoms with Crippen LogP contribution in [0, 0.1) is 5.41 Å². The maximum absolute atomic E-state index is 5.51. The van der Waals surface area contributed by atoms with E-state index in [1.807, 2.05) is 18.2 Å². The molecule has 0 saturated carbocycles. The maximum Gasteiger partial charge on any atom is 0.130 e. The average Bonchev–Trinajstić information content (AvgIpc) is 2.34. The van der Waals surface area contributed by atoms with Gasteiger partial charge in [0.2, 0.25) is 0 Å². The van der Waals surface area contributed by atoms with E-state index >= 15 is 0 Å². The van der Waals surface area contributed by atoms with Crippen LogP contribution in [0.3, 0.4) is 0 Å². The molecule has 0 fully saturated rings. The third-order valence-corrected chi connectivity index (χ3v) is 3.51. The Morgan fingerprint density at radius 1 is 0.947 bits per heavy atom. The first-order chi connectivity index (χ1) is 8.90. The van der Waals surface area contributed by atoms with E-state index in [2.05, 4.69) is 33.8 Å². The molecule has 0 atom stereocenters. The van der Waals surface area contributed by atoms with Crippen LogP contribution in [0.1, 0.15) is 33.3 Å². The SMILES string of the molecule is COc1cccc(OC)c1C1=C(C(C)(C)C)C=C1C. The van der Waals surface area contributed by atoms with Crippen molar-refractivity contribution in [2.24, 2.45) is 5.41 Å². The number of rotatable bonds is 3. The zero-order chi connectivity index (χ0) is 14.2. The monoisotopic (exact) mass is 258 g/mol. The van der Waals surface area contributed by atoms with Crippen LogP contribution in [0.4, 0.5) is 0 Å². The molecule has 1 aromatic rings. The van der Waals surface area contributed by atoms with Crippen molar-refractivity contribution in [2.75, 3.05) is 14.2 Å². The molecule has 19 heavy (non-hydrogen) atoms. The minimum absolute atomic E-state index is 0.126. The van der Waals surface area contributed by atoms with Gasteiger partial charge in [0.15, 0.2) is 0 Å². The Bertz CT molecular complexity index is 535. The van der Waals surface area contributed by atoms with Crippen LogP contribution >= 0.6 is 0 Å². The summed E-state index contributed by atoms with van der Waals surface area (Å²) in [5, 5.41) is 0. The molecule has 2 heteroatoms. The van der Waals surface area contributed by atoms with Crippen molar-refractivity contribution in [2.45, 2.75) is 27.7 Å². The van der Waals surface area contributed by atoms with Gasteiger partial charge in [-0.2, -0.15) is 0 Å². The summed E-state index contributed by atoms with van der Waals surface area (Å²) in [5.74, 6) is 1.73. The molecular formula is C17H22O2. The molecule has 0 unspecified atom stereocenters. The van der Waals surface area contributed by atoms with Gasteiger partial charge in [-0.25, -0.2) is 0 Å². The number of benzene rings is 1. The average molecular weight is 258 g/mol. The van der Waals surface area contributed by atoms with Crippen LogP contribution in [0.2, 0.25) is 0 Å². The molecule has 1 aliphatic carbocycles. The van der Waals surface area contributed by atoms with Gasteiger partial charge >= 0.3 is 0 Å². The van der Waals surface area contributed by atoms with Gasteiger partial charge in [-0.1, -0.05) is 32.9 Å². The van der Waals surface area contributed by atoms with Gasteiger partial charge in [0.25, 0.3) is 0 Å². The van der Waals surface area contributed by atoms with Gasteiger partial charge in [-0.05, 0) is 41.2 Å². The van der Waals surface area contributed by atoms with E-state index in [0.717, 1.165) is 17.1 Å². The van der Waals surface area contributed by atoms with Crippen LogP contribution in [0.15, 0.2) is 35.4 Å². The lowest BCUT2D eigenvalue weighted by molar-refractivity contribution is 0.391. The summed E-state index contributed by atoms with van der Waals surface area (Å²) in [7, 11) is 3.40. The second kappa shape index (κ2) is 4.76. The summed E-state index contributed by atoms with van der Waals surface area (Å²) in [6.07, 6.45) is 2.25. The van der Waals surface area contributed by atoms with Gasteiger partial charge in [0.05, 0.1) is 19.8 Å². The topological polar surface area (TPSA) is 18.5 Å². The molecule has 2 nitrogen and oxygen atoms in total. The van der Waals surface area contributed by atoms with Crippen molar-refractivity contribution < 1.29 is 9.47 Å². The highest BCUT2D eigenvalue weighted by atomic mass is 16.5. The highest BCUT2D eigenvalue weighted by molar-refractivity contribution is 5.94. The highest BCUT2D eigenvalue weighted by Gasteiger charge is 2.30. The molecule has 1 aromatic carbocycles. The van der Waals surface area contributed by atoms with Crippen molar-refractivity contribution in [1.29, 1.82) is 0 Å². The summed E-state index contributed by atoms with van der Waals surface area (Å²) < 4.78 is 11.0. The van der Waals surface area contributed by atoms with E-state index in [9.17, 15) is 0 Å². The first-order valence-corrected chi connectivity index (χ1v) is 6.55. The Morgan fingerprint density at radius 2 is 1.47 bits per heavy atom. The van der Waals surface area contributed by atoms with E-state index in [4.69, 9.17) is 9.47 Å². The van der Waals surface area contributed by atoms with Crippen molar-refractivity contribution in [3.8, 4) is 11.5 Å². The van der Waals surface area contributed by atoms with Crippen LogP contribution in [-0.4, -0.2) is 14.2 Å². The number of hydrogen-bond acceptors (Lipinski definition) is 2. The van der Waals surface area contributed by atoms with Crippen molar-refractivity contribution in [1.82, 2.24) is 0 Å². The van der Waals surface area contributed by atoms with E-state index in [1.54, 1.807) is 14.2 Å². The van der Waals surface area contributed by atoms with Crippen molar-refractivity contribution >= 4 is 5.57 Å².